The fourth-order valence-corrected chi connectivity index (χ4v) is 4.96. The summed E-state index contributed by atoms with van der Waals surface area (Å²) >= 11 is 0. The maximum atomic E-state index is 14.6. The SMILES string of the molecule is C=CCCc1cc(F)c(CCC2=C(C3CCC(C)(F)CC3)CCC2)cc1C. The number of hydrogen-bond acceptors (Lipinski definition) is 0. The van der Waals surface area contributed by atoms with Gasteiger partial charge in [-0.25, -0.2) is 8.78 Å². The van der Waals surface area contributed by atoms with Crippen LogP contribution in [0.3, 0.4) is 0 Å². The normalized spacial score (nSPS) is 25.9. The van der Waals surface area contributed by atoms with Gasteiger partial charge in [0, 0.05) is 0 Å². The molecular formula is C25H34F2. The number of halogens is 2. The van der Waals surface area contributed by atoms with Crippen LogP contribution in [0.5, 0.6) is 0 Å². The van der Waals surface area contributed by atoms with Crippen molar-refractivity contribution in [2.24, 2.45) is 5.92 Å². The zero-order valence-corrected chi connectivity index (χ0v) is 17.1. The summed E-state index contributed by atoms with van der Waals surface area (Å²) in [5, 5.41) is 0. The molecule has 0 nitrogen and oxygen atoms in total. The zero-order valence-electron chi connectivity index (χ0n) is 17.1. The molecule has 2 heteroatoms. The van der Waals surface area contributed by atoms with Gasteiger partial charge in [-0.05, 0) is 113 Å². The van der Waals surface area contributed by atoms with E-state index in [9.17, 15) is 8.78 Å². The van der Waals surface area contributed by atoms with E-state index in [2.05, 4.69) is 13.5 Å². The first-order valence-corrected chi connectivity index (χ1v) is 10.7. The second-order valence-electron chi connectivity index (χ2n) is 8.87. The quantitative estimate of drug-likeness (QED) is 0.433. The highest BCUT2D eigenvalue weighted by Crippen LogP contribution is 2.43. The highest BCUT2D eigenvalue weighted by atomic mass is 19.1. The molecule has 0 heterocycles. The Hall–Kier alpha value is -1.44. The van der Waals surface area contributed by atoms with Gasteiger partial charge >= 0.3 is 0 Å². The van der Waals surface area contributed by atoms with Crippen molar-refractivity contribution in [2.75, 3.05) is 0 Å². The Morgan fingerprint density at radius 3 is 2.56 bits per heavy atom. The number of allylic oxidation sites excluding steroid dienone is 3. The van der Waals surface area contributed by atoms with Crippen LogP contribution < -0.4 is 0 Å². The molecule has 1 fully saturated rings. The first kappa shape index (κ1) is 20.3. The van der Waals surface area contributed by atoms with Gasteiger partial charge in [0.2, 0.25) is 0 Å². The van der Waals surface area contributed by atoms with Crippen molar-refractivity contribution >= 4 is 0 Å². The van der Waals surface area contributed by atoms with Crippen LogP contribution in [0, 0.1) is 18.7 Å². The van der Waals surface area contributed by atoms with E-state index >= 15 is 0 Å². The van der Waals surface area contributed by atoms with E-state index < -0.39 is 5.67 Å². The Kier molecular flexibility index (Phi) is 6.55. The summed E-state index contributed by atoms with van der Waals surface area (Å²) in [6.45, 7) is 7.58. The summed E-state index contributed by atoms with van der Waals surface area (Å²) in [4.78, 5) is 0. The third kappa shape index (κ3) is 5.09. The average molecular weight is 373 g/mol. The van der Waals surface area contributed by atoms with Crippen LogP contribution in [0.25, 0.3) is 0 Å². The topological polar surface area (TPSA) is 0 Å². The molecule has 1 saturated carbocycles. The molecule has 2 aliphatic rings. The Balaban J connectivity index is 1.66. The van der Waals surface area contributed by atoms with Crippen molar-refractivity contribution in [3.63, 3.8) is 0 Å². The lowest BCUT2D eigenvalue weighted by Gasteiger charge is -2.32. The van der Waals surface area contributed by atoms with Gasteiger partial charge in [-0.15, -0.1) is 6.58 Å². The predicted octanol–water partition coefficient (Wildman–Crippen LogP) is 7.58. The molecule has 0 spiro atoms. The lowest BCUT2D eigenvalue weighted by molar-refractivity contribution is 0.111. The average Bonchev–Trinajstić information content (AvgIpc) is 3.09. The van der Waals surface area contributed by atoms with E-state index in [1.165, 1.54) is 24.0 Å². The molecule has 1 aromatic rings. The van der Waals surface area contributed by atoms with E-state index in [-0.39, 0.29) is 5.82 Å². The standard InChI is InChI=1S/C25H34F2/c1-4-5-7-21-17-24(26)22(16-18(21)2)11-10-19-8-6-9-23(19)20-12-14-25(3,27)15-13-20/h4,16-17,20H,1,5-15H2,2-3H3. The number of benzene rings is 1. The molecule has 0 aromatic heterocycles. The molecule has 0 N–H and O–H groups in total. The third-order valence-electron chi connectivity index (χ3n) is 6.72. The van der Waals surface area contributed by atoms with E-state index in [1.807, 2.05) is 12.1 Å². The number of rotatable bonds is 7. The highest BCUT2D eigenvalue weighted by molar-refractivity contribution is 5.34. The Morgan fingerprint density at radius 2 is 1.85 bits per heavy atom. The van der Waals surface area contributed by atoms with E-state index in [0.717, 1.165) is 56.1 Å². The van der Waals surface area contributed by atoms with Crippen LogP contribution in [0.2, 0.25) is 0 Å². The fourth-order valence-electron chi connectivity index (χ4n) is 4.96. The predicted molar refractivity (Wildman–Crippen MR) is 110 cm³/mol. The Labute approximate surface area is 163 Å². The number of alkyl halides is 1. The second kappa shape index (κ2) is 8.71. The van der Waals surface area contributed by atoms with Gasteiger partial charge in [-0.3, -0.25) is 0 Å². The summed E-state index contributed by atoms with van der Waals surface area (Å²) in [5.41, 5.74) is 5.27. The zero-order chi connectivity index (χ0) is 19.4. The molecule has 0 saturated heterocycles. The number of aryl methyl sites for hydroxylation is 3. The van der Waals surface area contributed by atoms with Gasteiger partial charge in [0.05, 0.1) is 0 Å². The second-order valence-corrected chi connectivity index (χ2v) is 8.87. The van der Waals surface area contributed by atoms with Gasteiger partial charge in [0.25, 0.3) is 0 Å². The van der Waals surface area contributed by atoms with Crippen molar-refractivity contribution in [3.05, 3.63) is 58.4 Å². The molecule has 0 radical (unpaired) electrons. The van der Waals surface area contributed by atoms with Crippen LogP contribution in [-0.4, -0.2) is 5.67 Å². The maximum absolute atomic E-state index is 14.6. The molecule has 0 amide bonds. The largest absolute Gasteiger partial charge is 0.244 e. The van der Waals surface area contributed by atoms with E-state index in [1.54, 1.807) is 18.6 Å². The monoisotopic (exact) mass is 372 g/mol. The van der Waals surface area contributed by atoms with Crippen LogP contribution in [0.4, 0.5) is 8.78 Å². The number of hydrogen-bond donors (Lipinski definition) is 0. The molecule has 0 atom stereocenters. The molecule has 1 aromatic carbocycles. The molecule has 27 heavy (non-hydrogen) atoms. The Bertz CT molecular complexity index is 701. The molecule has 0 unspecified atom stereocenters. The molecule has 148 valence electrons. The smallest absolute Gasteiger partial charge is 0.126 e. The molecule has 3 rings (SSSR count). The van der Waals surface area contributed by atoms with Crippen molar-refractivity contribution in [1.82, 2.24) is 0 Å². The minimum Gasteiger partial charge on any atom is -0.244 e. The van der Waals surface area contributed by atoms with Gasteiger partial charge < -0.3 is 0 Å². The molecular weight excluding hydrogens is 338 g/mol. The summed E-state index contributed by atoms with van der Waals surface area (Å²) in [7, 11) is 0. The fraction of sp³-hybridized carbons (Fsp3) is 0.600. The van der Waals surface area contributed by atoms with Gasteiger partial charge in [0.1, 0.15) is 11.5 Å². The summed E-state index contributed by atoms with van der Waals surface area (Å²) < 4.78 is 28.7. The van der Waals surface area contributed by atoms with Crippen LogP contribution in [0.1, 0.15) is 81.4 Å². The lowest BCUT2D eigenvalue weighted by Crippen LogP contribution is -2.26. The molecule has 2 aliphatic carbocycles. The van der Waals surface area contributed by atoms with Crippen molar-refractivity contribution in [3.8, 4) is 0 Å². The van der Waals surface area contributed by atoms with E-state index in [0.29, 0.717) is 18.8 Å². The highest BCUT2D eigenvalue weighted by Gasteiger charge is 2.33. The summed E-state index contributed by atoms with van der Waals surface area (Å²) in [5.74, 6) is 0.504. The van der Waals surface area contributed by atoms with Gasteiger partial charge in [0.15, 0.2) is 0 Å². The van der Waals surface area contributed by atoms with Crippen molar-refractivity contribution in [2.45, 2.75) is 90.1 Å². The van der Waals surface area contributed by atoms with Crippen LogP contribution in [0.15, 0.2) is 35.9 Å². The minimum atomic E-state index is -0.968. The molecule has 0 aliphatic heterocycles. The van der Waals surface area contributed by atoms with Gasteiger partial charge in [-0.2, -0.15) is 0 Å². The lowest BCUT2D eigenvalue weighted by atomic mass is 9.76. The van der Waals surface area contributed by atoms with Crippen molar-refractivity contribution < 1.29 is 8.78 Å². The van der Waals surface area contributed by atoms with Crippen LogP contribution >= 0.6 is 0 Å². The van der Waals surface area contributed by atoms with Crippen molar-refractivity contribution in [1.29, 1.82) is 0 Å². The minimum absolute atomic E-state index is 0.0642. The Morgan fingerprint density at radius 1 is 1.11 bits per heavy atom. The maximum Gasteiger partial charge on any atom is 0.126 e. The van der Waals surface area contributed by atoms with E-state index in [4.69, 9.17) is 0 Å². The summed E-state index contributed by atoms with van der Waals surface area (Å²) in [6, 6.07) is 3.76. The summed E-state index contributed by atoms with van der Waals surface area (Å²) in [6.07, 6.45) is 12.2. The first-order valence-electron chi connectivity index (χ1n) is 10.7. The van der Waals surface area contributed by atoms with Crippen LogP contribution in [-0.2, 0) is 12.8 Å². The molecule has 0 bridgehead atoms. The third-order valence-corrected chi connectivity index (χ3v) is 6.72. The van der Waals surface area contributed by atoms with Gasteiger partial charge in [-0.1, -0.05) is 23.3 Å². The first-order chi connectivity index (χ1) is 12.9.